The van der Waals surface area contributed by atoms with Gasteiger partial charge in [0, 0.05) is 50.2 Å². The zero-order valence-electron chi connectivity index (χ0n) is 16.0. The molecule has 28 heavy (non-hydrogen) atoms. The fraction of sp³-hybridized carbons (Fsp3) is 0.381. The molecule has 3 heterocycles. The number of hydrogen-bond donors (Lipinski definition) is 1. The topological polar surface area (TPSA) is 72.3 Å². The summed E-state index contributed by atoms with van der Waals surface area (Å²) >= 11 is 0. The third kappa shape index (κ3) is 3.78. The van der Waals surface area contributed by atoms with E-state index >= 15 is 0 Å². The predicted molar refractivity (Wildman–Crippen MR) is 108 cm³/mol. The van der Waals surface area contributed by atoms with Gasteiger partial charge in [-0.1, -0.05) is 6.07 Å². The molecule has 1 N–H and O–H groups in total. The first-order valence-corrected chi connectivity index (χ1v) is 9.68. The maximum absolute atomic E-state index is 12.7. The summed E-state index contributed by atoms with van der Waals surface area (Å²) in [5.74, 6) is 1.65. The molecule has 146 valence electrons. The number of benzene rings is 1. The molecule has 7 heteroatoms. The van der Waals surface area contributed by atoms with E-state index in [4.69, 9.17) is 4.74 Å². The van der Waals surface area contributed by atoms with Crippen molar-refractivity contribution in [1.82, 2.24) is 19.9 Å². The minimum atomic E-state index is -0.0287. The summed E-state index contributed by atoms with van der Waals surface area (Å²) in [7, 11) is 1.68. The van der Waals surface area contributed by atoms with Crippen molar-refractivity contribution >= 4 is 22.8 Å². The molecule has 1 aromatic carbocycles. The summed E-state index contributed by atoms with van der Waals surface area (Å²) in [5.41, 5.74) is 1.11. The van der Waals surface area contributed by atoms with E-state index in [2.05, 4.69) is 36.9 Å². The highest BCUT2D eigenvalue weighted by Crippen LogP contribution is 2.26. The molecular weight excluding hydrogens is 354 g/mol. The van der Waals surface area contributed by atoms with Crippen LogP contribution in [0.4, 0.5) is 5.95 Å². The Kier molecular flexibility index (Phi) is 5.41. The van der Waals surface area contributed by atoms with Crippen LogP contribution in [0.2, 0.25) is 0 Å². The van der Waals surface area contributed by atoms with Gasteiger partial charge in [-0.2, -0.15) is 0 Å². The van der Waals surface area contributed by atoms with Gasteiger partial charge in [0.25, 0.3) is 0 Å². The van der Waals surface area contributed by atoms with Crippen LogP contribution in [0.3, 0.4) is 0 Å². The lowest BCUT2D eigenvalue weighted by molar-refractivity contribution is -0.125. The van der Waals surface area contributed by atoms with E-state index in [1.54, 1.807) is 25.6 Å². The number of anilines is 1. The molecule has 0 spiro atoms. The molecule has 3 aromatic rings. The summed E-state index contributed by atoms with van der Waals surface area (Å²) in [6.45, 7) is 2.88. The van der Waals surface area contributed by atoms with Crippen LogP contribution in [-0.2, 0) is 11.3 Å². The largest absolute Gasteiger partial charge is 0.496 e. The third-order valence-electron chi connectivity index (χ3n) is 5.27. The molecule has 0 bridgehead atoms. The Bertz CT molecular complexity index is 940. The van der Waals surface area contributed by atoms with Gasteiger partial charge in [0.1, 0.15) is 5.75 Å². The molecule has 1 atom stereocenters. The third-order valence-corrected chi connectivity index (χ3v) is 5.27. The summed E-state index contributed by atoms with van der Waals surface area (Å²) in [4.78, 5) is 23.4. The lowest BCUT2D eigenvalue weighted by atomic mass is 9.97. The van der Waals surface area contributed by atoms with E-state index in [0.717, 1.165) is 42.6 Å². The second-order valence-corrected chi connectivity index (χ2v) is 7.03. The number of piperidine rings is 1. The number of methoxy groups -OCH3 is 1. The monoisotopic (exact) mass is 379 g/mol. The second-order valence-electron chi connectivity index (χ2n) is 7.03. The van der Waals surface area contributed by atoms with Gasteiger partial charge in [-0.3, -0.25) is 4.79 Å². The molecule has 0 unspecified atom stereocenters. The van der Waals surface area contributed by atoms with Gasteiger partial charge in [-0.25, -0.2) is 9.97 Å². The quantitative estimate of drug-likeness (QED) is 0.712. The Hall–Kier alpha value is -3.09. The smallest absolute Gasteiger partial charge is 0.225 e. The average Bonchev–Trinajstić information content (AvgIpc) is 3.17. The van der Waals surface area contributed by atoms with E-state index in [0.29, 0.717) is 19.0 Å². The molecule has 0 saturated carbocycles. The van der Waals surface area contributed by atoms with Crippen molar-refractivity contribution in [2.24, 2.45) is 5.92 Å². The van der Waals surface area contributed by atoms with Crippen LogP contribution in [0.25, 0.3) is 10.9 Å². The Morgan fingerprint density at radius 2 is 2.11 bits per heavy atom. The molecule has 0 aliphatic carbocycles. The van der Waals surface area contributed by atoms with E-state index in [-0.39, 0.29) is 11.8 Å². The Labute approximate surface area is 164 Å². The van der Waals surface area contributed by atoms with E-state index in [9.17, 15) is 4.79 Å². The van der Waals surface area contributed by atoms with Crippen LogP contribution in [0.1, 0.15) is 12.8 Å². The molecule has 1 fully saturated rings. The number of ether oxygens (including phenoxy) is 1. The van der Waals surface area contributed by atoms with Crippen molar-refractivity contribution in [3.8, 4) is 5.75 Å². The highest BCUT2D eigenvalue weighted by molar-refractivity contribution is 5.86. The Morgan fingerprint density at radius 1 is 1.25 bits per heavy atom. The van der Waals surface area contributed by atoms with Gasteiger partial charge in [-0.15, -0.1) is 0 Å². The van der Waals surface area contributed by atoms with Gasteiger partial charge >= 0.3 is 0 Å². The van der Waals surface area contributed by atoms with Crippen molar-refractivity contribution in [2.75, 3.05) is 31.6 Å². The van der Waals surface area contributed by atoms with Crippen molar-refractivity contribution in [3.63, 3.8) is 0 Å². The van der Waals surface area contributed by atoms with Gasteiger partial charge in [0.15, 0.2) is 0 Å². The highest BCUT2D eigenvalue weighted by Gasteiger charge is 2.26. The number of aromatic nitrogens is 3. The lowest BCUT2D eigenvalue weighted by Crippen LogP contribution is -2.44. The minimum absolute atomic E-state index is 0.0287. The zero-order chi connectivity index (χ0) is 19.3. The molecule has 1 amide bonds. The summed E-state index contributed by atoms with van der Waals surface area (Å²) in [6.07, 6.45) is 7.39. The fourth-order valence-electron chi connectivity index (χ4n) is 3.84. The zero-order valence-corrected chi connectivity index (χ0v) is 16.0. The number of amides is 1. The number of nitrogens with zero attached hydrogens (tertiary/aromatic N) is 4. The first-order valence-electron chi connectivity index (χ1n) is 9.68. The highest BCUT2D eigenvalue weighted by atomic mass is 16.5. The van der Waals surface area contributed by atoms with Crippen LogP contribution < -0.4 is 15.0 Å². The van der Waals surface area contributed by atoms with E-state index in [1.807, 2.05) is 18.3 Å². The van der Waals surface area contributed by atoms with Crippen molar-refractivity contribution in [2.45, 2.75) is 19.4 Å². The standard InChI is InChI=1S/C21H25N5O2/c1-28-19-7-2-6-18-17(19)8-13-25(18)14-11-22-20(27)16-5-3-12-26(15-16)21-23-9-4-10-24-21/h2,4,6-10,13,16H,3,5,11-12,14-15H2,1H3,(H,22,27)/t16-/m0/s1. The molecule has 1 aliphatic rings. The summed E-state index contributed by atoms with van der Waals surface area (Å²) in [5, 5.41) is 4.18. The molecule has 2 aromatic heterocycles. The van der Waals surface area contributed by atoms with Crippen LogP contribution in [0, 0.1) is 5.92 Å². The number of rotatable bonds is 6. The van der Waals surface area contributed by atoms with Crippen LogP contribution in [0.5, 0.6) is 5.75 Å². The first kappa shape index (κ1) is 18.3. The number of fused-ring (bicyclic) bond motifs is 1. The predicted octanol–water partition coefficient (Wildman–Crippen LogP) is 2.47. The Morgan fingerprint density at radius 3 is 2.93 bits per heavy atom. The number of hydrogen-bond acceptors (Lipinski definition) is 5. The van der Waals surface area contributed by atoms with Crippen molar-refractivity contribution in [3.05, 3.63) is 48.9 Å². The van der Waals surface area contributed by atoms with Gasteiger partial charge in [0.2, 0.25) is 11.9 Å². The van der Waals surface area contributed by atoms with Gasteiger partial charge < -0.3 is 19.5 Å². The van der Waals surface area contributed by atoms with Crippen LogP contribution in [0.15, 0.2) is 48.9 Å². The number of carbonyl (C=O) groups excluding carboxylic acids is 1. The van der Waals surface area contributed by atoms with E-state index < -0.39 is 0 Å². The van der Waals surface area contributed by atoms with Gasteiger partial charge in [0.05, 0.1) is 18.5 Å². The SMILES string of the molecule is COc1cccc2c1ccn2CCNC(=O)[C@H]1CCCN(c2ncccn2)C1. The molecular formula is C21H25N5O2. The summed E-state index contributed by atoms with van der Waals surface area (Å²) in [6, 6.07) is 9.86. The maximum atomic E-state index is 12.7. The molecule has 0 radical (unpaired) electrons. The van der Waals surface area contributed by atoms with Crippen LogP contribution >= 0.6 is 0 Å². The normalized spacial score (nSPS) is 16.9. The lowest BCUT2D eigenvalue weighted by Gasteiger charge is -2.31. The first-order chi connectivity index (χ1) is 13.8. The fourth-order valence-corrected chi connectivity index (χ4v) is 3.84. The van der Waals surface area contributed by atoms with E-state index in [1.165, 1.54) is 0 Å². The molecule has 7 nitrogen and oxygen atoms in total. The van der Waals surface area contributed by atoms with Crippen LogP contribution in [-0.4, -0.2) is 47.2 Å². The summed E-state index contributed by atoms with van der Waals surface area (Å²) < 4.78 is 7.55. The minimum Gasteiger partial charge on any atom is -0.496 e. The second kappa shape index (κ2) is 8.29. The molecule has 4 rings (SSSR count). The number of nitrogens with one attached hydrogen (secondary N) is 1. The molecule has 1 saturated heterocycles. The number of carbonyl (C=O) groups is 1. The molecule has 1 aliphatic heterocycles. The van der Waals surface area contributed by atoms with Gasteiger partial charge in [-0.05, 0) is 37.1 Å². The Balaban J connectivity index is 1.33. The van der Waals surface area contributed by atoms with Crippen molar-refractivity contribution in [1.29, 1.82) is 0 Å². The maximum Gasteiger partial charge on any atom is 0.225 e. The average molecular weight is 379 g/mol. The van der Waals surface area contributed by atoms with Crippen molar-refractivity contribution < 1.29 is 9.53 Å².